The number of hydrazine groups is 1. The maximum atomic E-state index is 4.61. The fourth-order valence-corrected chi connectivity index (χ4v) is 1.80. The van der Waals surface area contributed by atoms with Crippen molar-refractivity contribution in [1.29, 1.82) is 0 Å². The first-order valence-electron chi connectivity index (χ1n) is 5.57. The quantitative estimate of drug-likeness (QED) is 0.792. The number of nitrogens with zero attached hydrogens (tertiary/aromatic N) is 3. The Morgan fingerprint density at radius 1 is 1.31 bits per heavy atom. The Balaban J connectivity index is 2.37. The summed E-state index contributed by atoms with van der Waals surface area (Å²) in [5.41, 5.74) is 5.56. The lowest BCUT2D eigenvalue weighted by molar-refractivity contribution is 0.284. The summed E-state index contributed by atoms with van der Waals surface area (Å²) in [6.45, 7) is 3.78. The fraction of sp³-hybridized carbons (Fsp3) is 0.417. The summed E-state index contributed by atoms with van der Waals surface area (Å²) in [5, 5.41) is 7.79. The van der Waals surface area contributed by atoms with Crippen LogP contribution in [0.15, 0.2) is 24.3 Å². The van der Waals surface area contributed by atoms with Crippen LogP contribution in [0.4, 0.5) is 0 Å². The highest BCUT2D eigenvalue weighted by molar-refractivity contribution is 5.81. The summed E-state index contributed by atoms with van der Waals surface area (Å²) in [6.07, 6.45) is 0. The monoisotopic (exact) mass is 218 g/mol. The second-order valence-corrected chi connectivity index (χ2v) is 4.01. The molecule has 4 nitrogen and oxygen atoms in total. The van der Waals surface area contributed by atoms with E-state index in [9.17, 15) is 0 Å². The molecule has 0 bridgehead atoms. The van der Waals surface area contributed by atoms with Crippen molar-refractivity contribution in [1.82, 2.24) is 20.2 Å². The van der Waals surface area contributed by atoms with Crippen LogP contribution >= 0.6 is 0 Å². The van der Waals surface area contributed by atoms with E-state index >= 15 is 0 Å². The summed E-state index contributed by atoms with van der Waals surface area (Å²) in [6, 6.07) is 8.36. The van der Waals surface area contributed by atoms with Crippen molar-refractivity contribution in [3.05, 3.63) is 30.0 Å². The van der Waals surface area contributed by atoms with Gasteiger partial charge in [0.2, 0.25) is 0 Å². The predicted octanol–water partition coefficient (Wildman–Crippen LogP) is 1.62. The minimum atomic E-state index is 0.764. The molecular weight excluding hydrogens is 200 g/mol. The third kappa shape index (κ3) is 2.08. The number of rotatable bonds is 4. The third-order valence-corrected chi connectivity index (χ3v) is 2.60. The van der Waals surface area contributed by atoms with Crippen molar-refractivity contribution in [2.24, 2.45) is 0 Å². The number of aryl methyl sites for hydroxylation is 1. The van der Waals surface area contributed by atoms with Gasteiger partial charge in [-0.2, -0.15) is 5.10 Å². The number of aromatic nitrogens is 2. The van der Waals surface area contributed by atoms with Gasteiger partial charge in [-0.05, 0) is 13.0 Å². The zero-order chi connectivity index (χ0) is 11.5. The van der Waals surface area contributed by atoms with Crippen LogP contribution in [-0.4, -0.2) is 28.9 Å². The van der Waals surface area contributed by atoms with E-state index in [0.717, 1.165) is 18.8 Å². The van der Waals surface area contributed by atoms with Gasteiger partial charge in [0.1, 0.15) is 0 Å². The molecule has 0 unspecified atom stereocenters. The topological polar surface area (TPSA) is 33.1 Å². The van der Waals surface area contributed by atoms with Gasteiger partial charge in [-0.3, -0.25) is 9.69 Å². The van der Waals surface area contributed by atoms with E-state index < -0.39 is 0 Å². The molecule has 1 aromatic heterocycles. The first kappa shape index (κ1) is 11.1. The molecule has 1 aromatic carbocycles. The van der Waals surface area contributed by atoms with Gasteiger partial charge < -0.3 is 0 Å². The Hall–Kier alpha value is -1.39. The molecule has 0 saturated heterocycles. The van der Waals surface area contributed by atoms with Crippen molar-refractivity contribution in [2.45, 2.75) is 20.0 Å². The molecule has 0 amide bonds. The third-order valence-electron chi connectivity index (χ3n) is 2.60. The van der Waals surface area contributed by atoms with Crippen molar-refractivity contribution >= 4 is 10.9 Å². The number of fused-ring (bicyclic) bond motifs is 1. The van der Waals surface area contributed by atoms with Crippen molar-refractivity contribution in [2.75, 3.05) is 14.1 Å². The maximum Gasteiger partial charge on any atom is 0.0855 e. The molecule has 86 valence electrons. The Morgan fingerprint density at radius 3 is 2.75 bits per heavy atom. The average molecular weight is 218 g/mol. The van der Waals surface area contributed by atoms with E-state index in [0.29, 0.717) is 0 Å². The Labute approximate surface area is 95.8 Å². The first-order chi connectivity index (χ1) is 7.72. The van der Waals surface area contributed by atoms with Crippen molar-refractivity contribution in [3.63, 3.8) is 0 Å². The second kappa shape index (κ2) is 4.63. The summed E-state index contributed by atoms with van der Waals surface area (Å²) in [4.78, 5) is 0. The van der Waals surface area contributed by atoms with E-state index in [-0.39, 0.29) is 0 Å². The molecule has 0 aliphatic rings. The maximum absolute atomic E-state index is 4.61. The number of hydrogen-bond donors (Lipinski definition) is 1. The lowest BCUT2D eigenvalue weighted by atomic mass is 10.2. The normalized spacial score (nSPS) is 11.5. The van der Waals surface area contributed by atoms with Crippen LogP contribution in [0, 0.1) is 0 Å². The minimum Gasteiger partial charge on any atom is -0.265 e. The molecule has 0 atom stereocenters. The van der Waals surface area contributed by atoms with Gasteiger partial charge in [-0.15, -0.1) is 0 Å². The molecule has 0 saturated carbocycles. The van der Waals surface area contributed by atoms with Crippen LogP contribution in [0.2, 0.25) is 0 Å². The molecule has 0 radical (unpaired) electrons. The highest BCUT2D eigenvalue weighted by Crippen LogP contribution is 2.18. The Kier molecular flexibility index (Phi) is 3.22. The fourth-order valence-electron chi connectivity index (χ4n) is 1.80. The minimum absolute atomic E-state index is 0.764. The molecule has 1 heterocycles. The SMILES string of the molecule is CCn1nc(CNN(C)C)c2ccccc21. The summed E-state index contributed by atoms with van der Waals surface area (Å²) in [7, 11) is 3.97. The molecule has 0 fully saturated rings. The van der Waals surface area contributed by atoms with Crippen LogP contribution < -0.4 is 5.43 Å². The lowest BCUT2D eigenvalue weighted by Gasteiger charge is -2.09. The van der Waals surface area contributed by atoms with Crippen LogP contribution in [0.1, 0.15) is 12.6 Å². The summed E-state index contributed by atoms with van der Waals surface area (Å²) in [5.74, 6) is 0. The molecule has 0 aliphatic heterocycles. The first-order valence-corrected chi connectivity index (χ1v) is 5.57. The van der Waals surface area contributed by atoms with Gasteiger partial charge in [-0.1, -0.05) is 18.2 Å². The van der Waals surface area contributed by atoms with E-state index in [1.54, 1.807) is 0 Å². The molecule has 0 aliphatic carbocycles. The Morgan fingerprint density at radius 2 is 2.06 bits per heavy atom. The van der Waals surface area contributed by atoms with Crippen LogP contribution in [0.5, 0.6) is 0 Å². The number of benzene rings is 1. The number of hydrogen-bond acceptors (Lipinski definition) is 3. The van der Waals surface area contributed by atoms with Crippen LogP contribution in [0.25, 0.3) is 10.9 Å². The van der Waals surface area contributed by atoms with Gasteiger partial charge in [0.05, 0.1) is 17.8 Å². The largest absolute Gasteiger partial charge is 0.265 e. The van der Waals surface area contributed by atoms with E-state index in [1.807, 2.05) is 23.8 Å². The van der Waals surface area contributed by atoms with E-state index in [1.165, 1.54) is 10.9 Å². The molecule has 2 aromatic rings. The highest BCUT2D eigenvalue weighted by Gasteiger charge is 2.08. The Bertz CT molecular complexity index is 473. The van der Waals surface area contributed by atoms with Crippen LogP contribution in [0.3, 0.4) is 0 Å². The van der Waals surface area contributed by atoms with Gasteiger partial charge >= 0.3 is 0 Å². The van der Waals surface area contributed by atoms with E-state index in [2.05, 4.69) is 41.7 Å². The highest BCUT2D eigenvalue weighted by atomic mass is 15.5. The van der Waals surface area contributed by atoms with Gasteiger partial charge in [0, 0.05) is 26.0 Å². The standard InChI is InChI=1S/C12H18N4/c1-4-16-12-8-6-5-7-10(12)11(14-16)9-13-15(2)3/h5-8,13H,4,9H2,1-3H3. The van der Waals surface area contributed by atoms with E-state index in [4.69, 9.17) is 0 Å². The summed E-state index contributed by atoms with van der Waals surface area (Å²) < 4.78 is 2.04. The zero-order valence-corrected chi connectivity index (χ0v) is 10.1. The van der Waals surface area contributed by atoms with Gasteiger partial charge in [-0.25, -0.2) is 5.43 Å². The number of para-hydroxylation sites is 1. The molecular formula is C12H18N4. The van der Waals surface area contributed by atoms with Gasteiger partial charge in [0.25, 0.3) is 0 Å². The predicted molar refractivity (Wildman–Crippen MR) is 65.9 cm³/mol. The molecule has 0 spiro atoms. The molecule has 2 rings (SSSR count). The second-order valence-electron chi connectivity index (χ2n) is 4.01. The molecule has 4 heteroatoms. The van der Waals surface area contributed by atoms with Crippen molar-refractivity contribution < 1.29 is 0 Å². The average Bonchev–Trinajstić information content (AvgIpc) is 2.65. The molecule has 1 N–H and O–H groups in total. The smallest absolute Gasteiger partial charge is 0.0855 e. The van der Waals surface area contributed by atoms with Crippen LogP contribution in [-0.2, 0) is 13.1 Å². The zero-order valence-electron chi connectivity index (χ0n) is 10.1. The lowest BCUT2D eigenvalue weighted by Crippen LogP contribution is -2.29. The number of nitrogens with one attached hydrogen (secondary N) is 1. The van der Waals surface area contributed by atoms with Gasteiger partial charge in [0.15, 0.2) is 0 Å². The molecule has 16 heavy (non-hydrogen) atoms. The summed E-state index contributed by atoms with van der Waals surface area (Å²) >= 11 is 0. The van der Waals surface area contributed by atoms with Crippen molar-refractivity contribution in [3.8, 4) is 0 Å².